The predicted octanol–water partition coefficient (Wildman–Crippen LogP) is 2.40. The Morgan fingerprint density at radius 1 is 1.12 bits per heavy atom. The number of hydrogen-bond donors (Lipinski definition) is 2. The van der Waals surface area contributed by atoms with Crippen LogP contribution in [0.2, 0.25) is 0 Å². The van der Waals surface area contributed by atoms with Gasteiger partial charge in [-0.25, -0.2) is 4.79 Å². The first-order chi connectivity index (χ1) is 12.6. The van der Waals surface area contributed by atoms with E-state index in [2.05, 4.69) is 15.7 Å². The van der Waals surface area contributed by atoms with E-state index in [1.807, 2.05) is 54.3 Å². The van der Waals surface area contributed by atoms with E-state index in [9.17, 15) is 9.59 Å². The van der Waals surface area contributed by atoms with Crippen LogP contribution in [0.1, 0.15) is 30.4 Å². The van der Waals surface area contributed by atoms with Gasteiger partial charge in [0.15, 0.2) is 0 Å². The highest BCUT2D eigenvalue weighted by Crippen LogP contribution is 2.00. The third-order valence-corrected chi connectivity index (χ3v) is 3.71. The molecule has 0 saturated carbocycles. The molecule has 0 atom stereocenters. The summed E-state index contributed by atoms with van der Waals surface area (Å²) in [6.07, 6.45) is 5.10. The first-order valence-corrected chi connectivity index (χ1v) is 8.84. The van der Waals surface area contributed by atoms with Crippen molar-refractivity contribution in [3.8, 4) is 0 Å². The van der Waals surface area contributed by atoms with Crippen molar-refractivity contribution in [2.45, 2.75) is 39.3 Å². The molecule has 2 rings (SSSR count). The van der Waals surface area contributed by atoms with Gasteiger partial charge in [0.2, 0.25) is 5.91 Å². The van der Waals surface area contributed by atoms with Crippen molar-refractivity contribution in [3.05, 3.63) is 53.9 Å². The maximum absolute atomic E-state index is 11.7. The fourth-order valence-corrected chi connectivity index (χ4v) is 2.36. The van der Waals surface area contributed by atoms with Gasteiger partial charge < -0.3 is 15.4 Å². The van der Waals surface area contributed by atoms with Crippen molar-refractivity contribution in [2.75, 3.05) is 13.1 Å². The van der Waals surface area contributed by atoms with Crippen LogP contribution in [0.3, 0.4) is 0 Å². The first kappa shape index (κ1) is 19.5. The molecule has 0 spiro atoms. The minimum Gasteiger partial charge on any atom is -0.445 e. The van der Waals surface area contributed by atoms with Crippen molar-refractivity contribution in [2.24, 2.45) is 0 Å². The third kappa shape index (κ3) is 7.83. The topological polar surface area (TPSA) is 85.3 Å². The Balaban J connectivity index is 1.45. The molecule has 7 nitrogen and oxygen atoms in total. The lowest BCUT2D eigenvalue weighted by Crippen LogP contribution is -2.28. The Hall–Kier alpha value is -2.83. The van der Waals surface area contributed by atoms with Gasteiger partial charge in [0.1, 0.15) is 6.61 Å². The number of amides is 2. The Kier molecular flexibility index (Phi) is 8.18. The molecule has 0 radical (unpaired) electrons. The van der Waals surface area contributed by atoms with E-state index in [0.29, 0.717) is 25.9 Å². The number of benzene rings is 1. The second-order valence-electron chi connectivity index (χ2n) is 6.08. The number of rotatable bonds is 10. The van der Waals surface area contributed by atoms with Gasteiger partial charge in [-0.3, -0.25) is 9.48 Å². The number of alkyl carbamates (subject to hydrolysis) is 1. The zero-order chi connectivity index (χ0) is 18.6. The van der Waals surface area contributed by atoms with Gasteiger partial charge in [-0.2, -0.15) is 5.10 Å². The van der Waals surface area contributed by atoms with Crippen LogP contribution in [0.5, 0.6) is 0 Å². The summed E-state index contributed by atoms with van der Waals surface area (Å²) >= 11 is 0. The highest BCUT2D eigenvalue weighted by Gasteiger charge is 2.04. The Morgan fingerprint density at radius 3 is 2.62 bits per heavy atom. The fraction of sp³-hybridized carbons (Fsp3) is 0.421. The SMILES string of the molecule is Cc1cnn(CCCNC(=O)CCCNC(=O)OCc2ccccc2)c1. The van der Waals surface area contributed by atoms with Gasteiger partial charge in [-0.05, 0) is 30.9 Å². The van der Waals surface area contributed by atoms with Crippen LogP contribution in [-0.2, 0) is 22.7 Å². The highest BCUT2D eigenvalue weighted by atomic mass is 16.5. The molecule has 2 amide bonds. The number of aryl methyl sites for hydroxylation is 2. The number of nitrogens with zero attached hydrogens (tertiary/aromatic N) is 2. The number of aromatic nitrogens is 2. The molecule has 0 aliphatic rings. The molecule has 26 heavy (non-hydrogen) atoms. The van der Waals surface area contributed by atoms with Crippen LogP contribution < -0.4 is 10.6 Å². The number of hydrogen-bond acceptors (Lipinski definition) is 4. The summed E-state index contributed by atoms with van der Waals surface area (Å²) in [6, 6.07) is 9.49. The summed E-state index contributed by atoms with van der Waals surface area (Å²) < 4.78 is 6.97. The molecular weight excluding hydrogens is 332 g/mol. The maximum Gasteiger partial charge on any atom is 0.407 e. The van der Waals surface area contributed by atoms with E-state index in [1.54, 1.807) is 0 Å². The lowest BCUT2D eigenvalue weighted by Gasteiger charge is -2.08. The van der Waals surface area contributed by atoms with Crippen LogP contribution >= 0.6 is 0 Å². The van der Waals surface area contributed by atoms with Gasteiger partial charge >= 0.3 is 6.09 Å². The van der Waals surface area contributed by atoms with Gasteiger partial charge in [0.05, 0.1) is 6.20 Å². The summed E-state index contributed by atoms with van der Waals surface area (Å²) in [5.41, 5.74) is 2.07. The second-order valence-corrected chi connectivity index (χ2v) is 6.08. The molecular formula is C19H26N4O3. The largest absolute Gasteiger partial charge is 0.445 e. The normalized spacial score (nSPS) is 10.3. The van der Waals surface area contributed by atoms with Gasteiger partial charge in [-0.1, -0.05) is 30.3 Å². The lowest BCUT2D eigenvalue weighted by molar-refractivity contribution is -0.121. The maximum atomic E-state index is 11.7. The highest BCUT2D eigenvalue weighted by molar-refractivity contribution is 5.75. The van der Waals surface area contributed by atoms with Crippen molar-refractivity contribution in [3.63, 3.8) is 0 Å². The van der Waals surface area contributed by atoms with Crippen LogP contribution in [0.25, 0.3) is 0 Å². The average molecular weight is 358 g/mol. The molecule has 0 bridgehead atoms. The Morgan fingerprint density at radius 2 is 1.88 bits per heavy atom. The van der Waals surface area contributed by atoms with E-state index in [0.717, 1.165) is 24.1 Å². The van der Waals surface area contributed by atoms with Crippen molar-refractivity contribution < 1.29 is 14.3 Å². The van der Waals surface area contributed by atoms with Gasteiger partial charge in [0.25, 0.3) is 0 Å². The molecule has 0 aliphatic heterocycles. The third-order valence-electron chi connectivity index (χ3n) is 3.71. The summed E-state index contributed by atoms with van der Waals surface area (Å²) in [7, 11) is 0. The monoisotopic (exact) mass is 358 g/mol. The zero-order valence-corrected chi connectivity index (χ0v) is 15.1. The number of nitrogens with one attached hydrogen (secondary N) is 2. The molecule has 0 unspecified atom stereocenters. The summed E-state index contributed by atoms with van der Waals surface area (Å²) in [6.45, 7) is 4.04. The second kappa shape index (κ2) is 10.9. The fourth-order valence-electron chi connectivity index (χ4n) is 2.36. The molecule has 7 heteroatoms. The minimum absolute atomic E-state index is 0.0129. The van der Waals surface area contributed by atoms with Crippen LogP contribution in [0.4, 0.5) is 4.79 Å². The molecule has 2 N–H and O–H groups in total. The number of carbonyl (C=O) groups is 2. The lowest BCUT2D eigenvalue weighted by atomic mass is 10.2. The molecule has 0 fully saturated rings. The van der Waals surface area contributed by atoms with Crippen LogP contribution in [0.15, 0.2) is 42.7 Å². The van der Waals surface area contributed by atoms with Crippen LogP contribution in [-0.4, -0.2) is 34.9 Å². The van der Waals surface area contributed by atoms with E-state index < -0.39 is 6.09 Å². The molecule has 1 aromatic carbocycles. The van der Waals surface area contributed by atoms with E-state index >= 15 is 0 Å². The molecule has 1 heterocycles. The molecule has 0 saturated heterocycles. The summed E-state index contributed by atoms with van der Waals surface area (Å²) in [5.74, 6) is -0.0129. The summed E-state index contributed by atoms with van der Waals surface area (Å²) in [5, 5.41) is 9.71. The quantitative estimate of drug-likeness (QED) is 0.639. The summed E-state index contributed by atoms with van der Waals surface area (Å²) in [4.78, 5) is 23.3. The Labute approximate surface area is 153 Å². The molecule has 140 valence electrons. The number of carbonyl (C=O) groups excluding carboxylic acids is 2. The van der Waals surface area contributed by atoms with Crippen molar-refractivity contribution in [1.29, 1.82) is 0 Å². The van der Waals surface area contributed by atoms with E-state index in [1.165, 1.54) is 0 Å². The van der Waals surface area contributed by atoms with Crippen molar-refractivity contribution in [1.82, 2.24) is 20.4 Å². The number of ether oxygens (including phenoxy) is 1. The molecule has 0 aliphatic carbocycles. The van der Waals surface area contributed by atoms with Crippen LogP contribution in [0, 0.1) is 6.92 Å². The predicted molar refractivity (Wildman–Crippen MR) is 98.5 cm³/mol. The first-order valence-electron chi connectivity index (χ1n) is 8.84. The van der Waals surface area contributed by atoms with Gasteiger partial charge in [-0.15, -0.1) is 0 Å². The Bertz CT molecular complexity index is 685. The zero-order valence-electron chi connectivity index (χ0n) is 15.1. The minimum atomic E-state index is -0.469. The molecule has 2 aromatic rings. The van der Waals surface area contributed by atoms with E-state index in [-0.39, 0.29) is 12.5 Å². The van der Waals surface area contributed by atoms with Gasteiger partial charge in [0, 0.05) is 32.3 Å². The average Bonchev–Trinajstić information content (AvgIpc) is 3.07. The molecule has 1 aromatic heterocycles. The smallest absolute Gasteiger partial charge is 0.407 e. The van der Waals surface area contributed by atoms with E-state index in [4.69, 9.17) is 4.74 Å². The standard InChI is InChI=1S/C19H26N4O3/c1-16-13-22-23(14-16)12-6-11-20-18(24)9-5-10-21-19(25)26-15-17-7-3-2-4-8-17/h2-4,7-8,13-14H,5-6,9-12,15H2,1H3,(H,20,24)(H,21,25). The van der Waals surface area contributed by atoms with Crippen molar-refractivity contribution >= 4 is 12.0 Å².